The molecule has 0 spiro atoms. The molecule has 1 aliphatic carbocycles. The number of furan rings is 1. The topological polar surface area (TPSA) is 21.3 Å². The minimum Gasteiger partial charge on any atom is -0.456 e. The summed E-state index contributed by atoms with van der Waals surface area (Å²) in [5, 5.41) is 7.27. The number of aromatic nitrogens is 1. The molecular weight excluding hydrogens is 1110 g/mol. The van der Waals surface area contributed by atoms with Crippen LogP contribution in [0.4, 0.5) is 17.1 Å². The smallest absolute Gasteiger partial charge is 0.254 e. The Balaban J connectivity index is 0.959. The molecule has 17 aromatic rings. The summed E-state index contributed by atoms with van der Waals surface area (Å²) in [5.74, 6) is 0. The lowest BCUT2D eigenvalue weighted by Crippen LogP contribution is -2.60. The molecule has 0 amide bonds. The summed E-state index contributed by atoms with van der Waals surface area (Å²) in [6.45, 7) is -0.203. The van der Waals surface area contributed by atoms with E-state index >= 15 is 0 Å². The number of benzene rings is 14. The molecule has 90 heavy (non-hydrogen) atoms. The third-order valence-electron chi connectivity index (χ3n) is 20.0. The lowest BCUT2D eigenvalue weighted by Gasteiger charge is -2.42. The molecule has 0 fully saturated rings. The van der Waals surface area contributed by atoms with Crippen molar-refractivity contribution in [2.24, 2.45) is 0 Å². The van der Waals surface area contributed by atoms with Crippen molar-refractivity contribution < 1.29 is 4.42 Å². The molecular formula is C85H51BN2OS. The van der Waals surface area contributed by atoms with Crippen molar-refractivity contribution in [1.82, 2.24) is 4.57 Å². The molecule has 5 heteroatoms. The summed E-state index contributed by atoms with van der Waals surface area (Å²) in [7, 11) is 0. The van der Waals surface area contributed by atoms with Crippen molar-refractivity contribution in [3.63, 3.8) is 0 Å². The van der Waals surface area contributed by atoms with Gasteiger partial charge < -0.3 is 13.9 Å². The first-order chi connectivity index (χ1) is 44.7. The van der Waals surface area contributed by atoms with Gasteiger partial charge in [0, 0.05) is 69.9 Å². The van der Waals surface area contributed by atoms with Gasteiger partial charge in [-0.1, -0.05) is 249 Å². The van der Waals surface area contributed by atoms with Gasteiger partial charge in [0.25, 0.3) is 6.71 Å². The van der Waals surface area contributed by atoms with E-state index in [1.165, 1.54) is 97.4 Å². The Bertz CT molecular complexity index is 5750. The molecule has 3 nitrogen and oxygen atoms in total. The predicted octanol–water partition coefficient (Wildman–Crippen LogP) is 20.7. The standard InChI is InChI=1S/C85H51BN2OS/c1-6-23-52(24-7-1)56-42-44-65-67-50-74-72(51-78(67)89-77(65)48-56)86-80-75(87-73-39-20-17-34-64(73)68-49-69-66-35-18-21-40-79(66)90-84(69)81(86)83(68)87)46-57(47-76(80)88(74)82-60(53-25-8-2-9-26-53)36-22-37-61(82)54-27-10-3-11-28-54)55-41-43-63-62-33-16-19-38-70(62)85(71(63)45-55,58-29-12-4-13-30-58)59-31-14-5-15-32-59/h1-51H. The van der Waals surface area contributed by atoms with Gasteiger partial charge in [-0.3, -0.25) is 0 Å². The van der Waals surface area contributed by atoms with Gasteiger partial charge in [-0.25, -0.2) is 0 Å². The highest BCUT2D eigenvalue weighted by molar-refractivity contribution is 7.28. The maximum absolute atomic E-state index is 7.26. The normalized spacial score (nSPS) is 13.4. The molecule has 0 saturated heterocycles. The first-order valence-electron chi connectivity index (χ1n) is 31.2. The average Bonchev–Trinajstić information content (AvgIpc) is 1.31. The van der Waals surface area contributed by atoms with E-state index in [1.807, 2.05) is 11.3 Å². The van der Waals surface area contributed by atoms with E-state index in [2.05, 4.69) is 319 Å². The summed E-state index contributed by atoms with van der Waals surface area (Å²) < 4.78 is 12.5. The number of anilines is 3. The van der Waals surface area contributed by atoms with Gasteiger partial charge in [-0.15, -0.1) is 11.3 Å². The minimum absolute atomic E-state index is 0.203. The molecule has 3 aliphatic rings. The third-order valence-corrected chi connectivity index (χ3v) is 21.3. The highest BCUT2D eigenvalue weighted by Gasteiger charge is 2.48. The monoisotopic (exact) mass is 1160 g/mol. The number of nitrogens with zero attached hydrogens (tertiary/aromatic N) is 2. The summed E-state index contributed by atoms with van der Waals surface area (Å²) >= 11 is 1.93. The fourth-order valence-electron chi connectivity index (χ4n) is 16.3. The number of hydrogen-bond donors (Lipinski definition) is 0. The van der Waals surface area contributed by atoms with Gasteiger partial charge in [-0.05, 0) is 144 Å². The van der Waals surface area contributed by atoms with Crippen molar-refractivity contribution in [2.75, 3.05) is 4.90 Å². The molecule has 20 rings (SSSR count). The van der Waals surface area contributed by atoms with E-state index in [1.54, 1.807) is 0 Å². The van der Waals surface area contributed by atoms with Crippen molar-refractivity contribution in [1.29, 1.82) is 0 Å². The zero-order valence-electron chi connectivity index (χ0n) is 48.7. The lowest BCUT2D eigenvalue weighted by molar-refractivity contribution is 0.669. The van der Waals surface area contributed by atoms with Crippen LogP contribution in [0.1, 0.15) is 22.3 Å². The molecule has 0 saturated carbocycles. The van der Waals surface area contributed by atoms with Crippen molar-refractivity contribution in [3.05, 3.63) is 332 Å². The van der Waals surface area contributed by atoms with E-state index in [0.29, 0.717) is 0 Å². The van der Waals surface area contributed by atoms with Crippen LogP contribution >= 0.6 is 11.3 Å². The molecule has 3 aromatic heterocycles. The molecule has 0 atom stereocenters. The first kappa shape index (κ1) is 49.8. The van der Waals surface area contributed by atoms with Gasteiger partial charge in [0.1, 0.15) is 11.2 Å². The lowest BCUT2D eigenvalue weighted by atomic mass is 9.33. The Morgan fingerprint density at radius 3 is 1.64 bits per heavy atom. The molecule has 14 aromatic carbocycles. The van der Waals surface area contributed by atoms with Gasteiger partial charge in [0.2, 0.25) is 0 Å². The van der Waals surface area contributed by atoms with Crippen LogP contribution in [0.5, 0.6) is 0 Å². The van der Waals surface area contributed by atoms with Gasteiger partial charge in [0.05, 0.1) is 22.1 Å². The summed E-state index contributed by atoms with van der Waals surface area (Å²) in [4.78, 5) is 2.68. The van der Waals surface area contributed by atoms with Crippen LogP contribution in [0.3, 0.4) is 0 Å². The minimum atomic E-state index is -0.583. The second kappa shape index (κ2) is 18.9. The Morgan fingerprint density at radius 1 is 0.333 bits per heavy atom. The van der Waals surface area contributed by atoms with E-state index in [-0.39, 0.29) is 6.71 Å². The second-order valence-corrected chi connectivity index (χ2v) is 25.6. The van der Waals surface area contributed by atoms with Crippen molar-refractivity contribution >= 4 is 115 Å². The molecule has 0 bridgehead atoms. The fraction of sp³-hybridized carbons (Fsp3) is 0.0118. The zero-order valence-corrected chi connectivity index (χ0v) is 49.5. The van der Waals surface area contributed by atoms with Gasteiger partial charge in [-0.2, -0.15) is 0 Å². The van der Waals surface area contributed by atoms with Crippen LogP contribution in [0.25, 0.3) is 125 Å². The molecule has 416 valence electrons. The Hall–Kier alpha value is -11.2. The first-order valence-corrected chi connectivity index (χ1v) is 32.0. The number of para-hydroxylation sites is 2. The SMILES string of the molecule is c1ccc(-c2ccc3c(c2)oc2cc4c(cc23)N(c2c(-c3ccccc3)cccc2-c2ccccc2)c2cc(-c3ccc5c(c3)C(c3ccccc3)(c3ccccc3)c3ccccc3-5)cc3c2B4c2c4sc5ccccc5c4cc4c5ccccc5n-3c24)cc1. The maximum atomic E-state index is 7.26. The number of thiophene rings is 1. The van der Waals surface area contributed by atoms with Crippen molar-refractivity contribution in [3.8, 4) is 61.3 Å². The van der Waals surface area contributed by atoms with Gasteiger partial charge in [0.15, 0.2) is 0 Å². The Labute approximate surface area is 524 Å². The van der Waals surface area contributed by atoms with E-state index in [4.69, 9.17) is 4.42 Å². The van der Waals surface area contributed by atoms with Crippen LogP contribution in [-0.2, 0) is 5.41 Å². The van der Waals surface area contributed by atoms with Crippen LogP contribution in [0.15, 0.2) is 314 Å². The Morgan fingerprint density at radius 2 is 0.911 bits per heavy atom. The van der Waals surface area contributed by atoms with E-state index in [9.17, 15) is 0 Å². The number of hydrogen-bond acceptors (Lipinski definition) is 3. The number of fused-ring (bicyclic) bond motifs is 17. The van der Waals surface area contributed by atoms with Crippen molar-refractivity contribution in [2.45, 2.75) is 5.41 Å². The molecule has 0 unspecified atom stereocenters. The Kier molecular flexibility index (Phi) is 10.5. The fourth-order valence-corrected chi connectivity index (χ4v) is 17.6. The second-order valence-electron chi connectivity index (χ2n) is 24.5. The molecule has 0 radical (unpaired) electrons. The largest absolute Gasteiger partial charge is 0.456 e. The summed E-state index contributed by atoms with van der Waals surface area (Å²) in [5.41, 5.74) is 28.8. The van der Waals surface area contributed by atoms with E-state index < -0.39 is 5.41 Å². The maximum Gasteiger partial charge on any atom is 0.254 e. The highest BCUT2D eigenvalue weighted by atomic mass is 32.1. The molecule has 5 heterocycles. The molecule has 0 N–H and O–H groups in total. The quantitative estimate of drug-likeness (QED) is 0.148. The van der Waals surface area contributed by atoms with Crippen LogP contribution < -0.4 is 21.3 Å². The predicted molar refractivity (Wildman–Crippen MR) is 379 cm³/mol. The van der Waals surface area contributed by atoms with Crippen LogP contribution in [0.2, 0.25) is 0 Å². The van der Waals surface area contributed by atoms with Crippen LogP contribution in [0, 0.1) is 0 Å². The average molecular weight is 1160 g/mol. The van der Waals surface area contributed by atoms with Crippen LogP contribution in [-0.4, -0.2) is 11.3 Å². The highest BCUT2D eigenvalue weighted by Crippen LogP contribution is 2.58. The molecule has 2 aliphatic heterocycles. The third kappa shape index (κ3) is 6.84. The zero-order chi connectivity index (χ0) is 58.8. The van der Waals surface area contributed by atoms with Gasteiger partial charge >= 0.3 is 0 Å². The summed E-state index contributed by atoms with van der Waals surface area (Å²) in [6, 6.07) is 116. The van der Waals surface area contributed by atoms with E-state index in [0.717, 1.165) is 83.5 Å². The number of rotatable bonds is 7. The summed E-state index contributed by atoms with van der Waals surface area (Å²) in [6.07, 6.45) is 0.